The molecule has 0 saturated heterocycles. The summed E-state index contributed by atoms with van der Waals surface area (Å²) in [6.45, 7) is 0.374. The predicted molar refractivity (Wildman–Crippen MR) is 89.2 cm³/mol. The molecule has 5 nitrogen and oxygen atoms in total. The van der Waals surface area contributed by atoms with Crippen LogP contribution in [0.4, 0.5) is 14.5 Å². The third-order valence-electron chi connectivity index (χ3n) is 3.54. The number of hydrogen-bond acceptors (Lipinski definition) is 3. The Balaban J connectivity index is 1.87. The molecule has 0 fully saturated rings. The van der Waals surface area contributed by atoms with E-state index in [9.17, 15) is 23.5 Å². The average molecular weight is 348 g/mol. The summed E-state index contributed by atoms with van der Waals surface area (Å²) >= 11 is 0. The van der Waals surface area contributed by atoms with Crippen LogP contribution in [0.1, 0.15) is 12.0 Å². The molecule has 0 aliphatic rings. The van der Waals surface area contributed by atoms with Crippen LogP contribution < -0.4 is 10.6 Å². The number of benzene rings is 2. The standard InChI is InChI=1S/C18H18F2N2O3/c19-13-6-7-15(14(20)10-13)22-17(23)11-16(18(24)25)21-9-8-12-4-2-1-3-5-12/h1-7,10,16,21H,8-9,11H2,(H,22,23)(H,24,25). The van der Waals surface area contributed by atoms with Crippen molar-refractivity contribution in [2.24, 2.45) is 0 Å². The van der Waals surface area contributed by atoms with Gasteiger partial charge in [-0.3, -0.25) is 9.59 Å². The number of carboxylic acids is 1. The second-order valence-electron chi connectivity index (χ2n) is 5.46. The highest BCUT2D eigenvalue weighted by Gasteiger charge is 2.21. The van der Waals surface area contributed by atoms with Crippen molar-refractivity contribution in [1.29, 1.82) is 0 Å². The van der Waals surface area contributed by atoms with Gasteiger partial charge in [0.15, 0.2) is 0 Å². The molecule has 1 amide bonds. The van der Waals surface area contributed by atoms with E-state index in [-0.39, 0.29) is 12.1 Å². The number of halogens is 2. The van der Waals surface area contributed by atoms with Crippen molar-refractivity contribution in [3.63, 3.8) is 0 Å². The zero-order chi connectivity index (χ0) is 18.2. The summed E-state index contributed by atoms with van der Waals surface area (Å²) in [7, 11) is 0. The maximum atomic E-state index is 13.5. The molecule has 2 aromatic carbocycles. The van der Waals surface area contributed by atoms with Crippen molar-refractivity contribution in [2.45, 2.75) is 18.9 Å². The monoisotopic (exact) mass is 348 g/mol. The number of aliphatic carboxylic acids is 1. The van der Waals surface area contributed by atoms with E-state index < -0.39 is 29.6 Å². The van der Waals surface area contributed by atoms with Crippen molar-refractivity contribution in [2.75, 3.05) is 11.9 Å². The summed E-state index contributed by atoms with van der Waals surface area (Å²) in [6, 6.07) is 11.1. The van der Waals surface area contributed by atoms with E-state index in [1.54, 1.807) is 0 Å². The Morgan fingerprint density at radius 3 is 2.44 bits per heavy atom. The van der Waals surface area contributed by atoms with Crippen molar-refractivity contribution >= 4 is 17.6 Å². The van der Waals surface area contributed by atoms with Crippen LogP contribution in [0.15, 0.2) is 48.5 Å². The molecule has 3 N–H and O–H groups in total. The molecule has 132 valence electrons. The molecule has 0 aliphatic heterocycles. The molecule has 25 heavy (non-hydrogen) atoms. The first-order valence-electron chi connectivity index (χ1n) is 7.70. The van der Waals surface area contributed by atoms with Crippen LogP contribution in [-0.2, 0) is 16.0 Å². The first kappa shape index (κ1) is 18.5. The predicted octanol–water partition coefficient (Wildman–Crippen LogP) is 2.58. The summed E-state index contributed by atoms with van der Waals surface area (Å²) in [4.78, 5) is 23.2. The van der Waals surface area contributed by atoms with E-state index in [2.05, 4.69) is 10.6 Å². The van der Waals surface area contributed by atoms with Crippen molar-refractivity contribution in [3.05, 3.63) is 65.7 Å². The normalized spacial score (nSPS) is 11.8. The Bertz CT molecular complexity index is 738. The van der Waals surface area contributed by atoms with Gasteiger partial charge in [0.2, 0.25) is 5.91 Å². The lowest BCUT2D eigenvalue weighted by molar-refractivity contribution is -0.141. The number of rotatable bonds is 8. The van der Waals surface area contributed by atoms with Gasteiger partial charge in [-0.05, 0) is 30.7 Å². The molecule has 0 bridgehead atoms. The van der Waals surface area contributed by atoms with E-state index in [1.165, 1.54) is 0 Å². The lowest BCUT2D eigenvalue weighted by Gasteiger charge is -2.14. The van der Waals surface area contributed by atoms with Gasteiger partial charge in [-0.15, -0.1) is 0 Å². The van der Waals surface area contributed by atoms with E-state index in [4.69, 9.17) is 0 Å². The van der Waals surface area contributed by atoms with Gasteiger partial charge in [0, 0.05) is 6.07 Å². The Morgan fingerprint density at radius 2 is 1.80 bits per heavy atom. The number of carbonyl (C=O) groups excluding carboxylic acids is 1. The third kappa shape index (κ3) is 5.96. The Morgan fingerprint density at radius 1 is 1.08 bits per heavy atom. The van der Waals surface area contributed by atoms with E-state index in [1.807, 2.05) is 30.3 Å². The van der Waals surface area contributed by atoms with Gasteiger partial charge >= 0.3 is 5.97 Å². The van der Waals surface area contributed by atoms with Gasteiger partial charge in [-0.1, -0.05) is 30.3 Å². The first-order valence-corrected chi connectivity index (χ1v) is 7.70. The molecule has 0 aliphatic carbocycles. The molecule has 7 heteroatoms. The molecule has 0 saturated carbocycles. The number of anilines is 1. The van der Waals surface area contributed by atoms with Gasteiger partial charge in [-0.2, -0.15) is 0 Å². The zero-order valence-electron chi connectivity index (χ0n) is 13.3. The maximum absolute atomic E-state index is 13.5. The Hall–Kier alpha value is -2.80. The van der Waals surface area contributed by atoms with Crippen LogP contribution in [0.2, 0.25) is 0 Å². The van der Waals surface area contributed by atoms with Crippen LogP contribution in [0, 0.1) is 11.6 Å². The van der Waals surface area contributed by atoms with E-state index in [0.717, 1.165) is 17.7 Å². The number of carbonyl (C=O) groups is 2. The van der Waals surface area contributed by atoms with Gasteiger partial charge in [0.25, 0.3) is 0 Å². The topological polar surface area (TPSA) is 78.4 Å². The van der Waals surface area contributed by atoms with Gasteiger partial charge < -0.3 is 15.7 Å². The van der Waals surface area contributed by atoms with Gasteiger partial charge in [0.05, 0.1) is 12.1 Å². The van der Waals surface area contributed by atoms with Crippen molar-refractivity contribution < 1.29 is 23.5 Å². The molecule has 1 unspecified atom stereocenters. The maximum Gasteiger partial charge on any atom is 0.321 e. The van der Waals surface area contributed by atoms with Crippen molar-refractivity contribution in [1.82, 2.24) is 5.32 Å². The summed E-state index contributed by atoms with van der Waals surface area (Å²) in [5.41, 5.74) is 0.844. The van der Waals surface area contributed by atoms with Crippen LogP contribution in [0.25, 0.3) is 0 Å². The fraction of sp³-hybridized carbons (Fsp3) is 0.222. The highest BCUT2D eigenvalue weighted by atomic mass is 19.1. The average Bonchev–Trinajstić information content (AvgIpc) is 2.57. The quantitative estimate of drug-likeness (QED) is 0.685. The minimum absolute atomic E-state index is 0.195. The molecule has 0 spiro atoms. The van der Waals surface area contributed by atoms with Gasteiger partial charge in [0.1, 0.15) is 17.7 Å². The highest BCUT2D eigenvalue weighted by molar-refractivity contribution is 5.94. The largest absolute Gasteiger partial charge is 0.480 e. The molecule has 0 aromatic heterocycles. The molecular formula is C18H18F2N2O3. The van der Waals surface area contributed by atoms with Crippen LogP contribution in [0.5, 0.6) is 0 Å². The Labute approximate surface area is 143 Å². The molecule has 1 atom stereocenters. The number of hydrogen-bond donors (Lipinski definition) is 3. The summed E-state index contributed by atoms with van der Waals surface area (Å²) < 4.78 is 26.4. The number of amides is 1. The van der Waals surface area contributed by atoms with Gasteiger partial charge in [-0.25, -0.2) is 8.78 Å². The highest BCUT2D eigenvalue weighted by Crippen LogP contribution is 2.15. The fourth-order valence-corrected chi connectivity index (χ4v) is 2.26. The van der Waals surface area contributed by atoms with E-state index >= 15 is 0 Å². The Kier molecular flexibility index (Phi) is 6.59. The summed E-state index contributed by atoms with van der Waals surface area (Å²) in [5.74, 6) is -3.54. The van der Waals surface area contributed by atoms with Crippen LogP contribution >= 0.6 is 0 Å². The zero-order valence-corrected chi connectivity index (χ0v) is 13.3. The second-order valence-corrected chi connectivity index (χ2v) is 5.46. The number of nitrogens with one attached hydrogen (secondary N) is 2. The summed E-state index contributed by atoms with van der Waals surface area (Å²) in [5, 5.41) is 14.3. The lowest BCUT2D eigenvalue weighted by atomic mass is 10.1. The van der Waals surface area contributed by atoms with Crippen molar-refractivity contribution in [3.8, 4) is 0 Å². The van der Waals surface area contributed by atoms with Crippen LogP contribution in [0.3, 0.4) is 0 Å². The first-order chi connectivity index (χ1) is 12.0. The SMILES string of the molecule is O=C(CC(NCCc1ccccc1)C(=O)O)Nc1ccc(F)cc1F. The molecule has 0 heterocycles. The fourth-order valence-electron chi connectivity index (χ4n) is 2.26. The summed E-state index contributed by atoms with van der Waals surface area (Å²) in [6.07, 6.45) is 0.236. The second kappa shape index (κ2) is 8.89. The number of carboxylic acid groups (broad SMARTS) is 1. The molecule has 2 aromatic rings. The minimum atomic E-state index is -1.18. The smallest absolute Gasteiger partial charge is 0.321 e. The third-order valence-corrected chi connectivity index (χ3v) is 3.54. The lowest BCUT2D eigenvalue weighted by Crippen LogP contribution is -2.40. The van der Waals surface area contributed by atoms with E-state index in [0.29, 0.717) is 19.0 Å². The minimum Gasteiger partial charge on any atom is -0.480 e. The van der Waals surface area contributed by atoms with Crippen LogP contribution in [-0.4, -0.2) is 29.6 Å². The molecule has 0 radical (unpaired) electrons. The molecular weight excluding hydrogens is 330 g/mol. The molecule has 2 rings (SSSR count).